The maximum Gasteiger partial charge on any atom is 0.317 e. The second kappa shape index (κ2) is 5.52. The van der Waals surface area contributed by atoms with Gasteiger partial charge in [-0.2, -0.15) is 5.10 Å². The SMILES string of the molecule is CN(Cc1cn[nH]c1)C(=O)NC1CCCC1(C)C(=O)O. The van der Waals surface area contributed by atoms with Crippen LogP contribution in [0.5, 0.6) is 0 Å². The molecule has 1 aliphatic rings. The van der Waals surface area contributed by atoms with E-state index >= 15 is 0 Å². The molecular weight excluding hydrogens is 260 g/mol. The standard InChI is InChI=1S/C13H20N4O3/c1-13(11(18)19)5-3-4-10(13)16-12(20)17(2)8-9-6-14-15-7-9/h6-7,10H,3-5,8H2,1-2H3,(H,14,15)(H,16,20)(H,18,19). The Morgan fingerprint density at radius 2 is 2.40 bits per heavy atom. The molecule has 1 aromatic rings. The predicted molar refractivity (Wildman–Crippen MR) is 72.0 cm³/mol. The Hall–Kier alpha value is -2.05. The van der Waals surface area contributed by atoms with E-state index in [1.165, 1.54) is 4.90 Å². The van der Waals surface area contributed by atoms with Crippen molar-refractivity contribution in [1.29, 1.82) is 0 Å². The number of carboxylic acids is 1. The minimum absolute atomic E-state index is 0.259. The van der Waals surface area contributed by atoms with Gasteiger partial charge in [-0.25, -0.2) is 4.79 Å². The third-order valence-corrected chi connectivity index (χ3v) is 4.07. The van der Waals surface area contributed by atoms with Crippen LogP contribution in [0.4, 0.5) is 4.79 Å². The maximum atomic E-state index is 12.1. The lowest BCUT2D eigenvalue weighted by Crippen LogP contribution is -2.50. The van der Waals surface area contributed by atoms with Crippen molar-refractivity contribution in [2.24, 2.45) is 5.41 Å². The van der Waals surface area contributed by atoms with Crippen LogP contribution in [0.15, 0.2) is 12.4 Å². The highest BCUT2D eigenvalue weighted by molar-refractivity contribution is 5.79. The van der Waals surface area contributed by atoms with E-state index in [1.54, 1.807) is 26.4 Å². The molecule has 0 spiro atoms. The van der Waals surface area contributed by atoms with Gasteiger partial charge in [0.2, 0.25) is 0 Å². The number of aromatic nitrogens is 2. The molecule has 2 unspecified atom stereocenters. The van der Waals surface area contributed by atoms with Crippen LogP contribution in [0.3, 0.4) is 0 Å². The summed E-state index contributed by atoms with van der Waals surface area (Å²) in [5, 5.41) is 18.7. The first-order valence-electron chi connectivity index (χ1n) is 6.66. The molecule has 20 heavy (non-hydrogen) atoms. The largest absolute Gasteiger partial charge is 0.481 e. The molecule has 2 amide bonds. The Kier molecular flexibility index (Phi) is 3.96. The van der Waals surface area contributed by atoms with Gasteiger partial charge in [0.15, 0.2) is 0 Å². The molecule has 1 heterocycles. The van der Waals surface area contributed by atoms with Crippen molar-refractivity contribution in [3.63, 3.8) is 0 Å². The Morgan fingerprint density at radius 1 is 1.65 bits per heavy atom. The molecule has 0 aromatic carbocycles. The number of hydrogen-bond donors (Lipinski definition) is 3. The Labute approximate surface area is 117 Å². The number of carboxylic acid groups (broad SMARTS) is 1. The van der Waals surface area contributed by atoms with Gasteiger partial charge < -0.3 is 15.3 Å². The van der Waals surface area contributed by atoms with Crippen LogP contribution in [0, 0.1) is 5.41 Å². The van der Waals surface area contributed by atoms with Crippen molar-refractivity contribution < 1.29 is 14.7 Å². The van der Waals surface area contributed by atoms with Crippen molar-refractivity contribution >= 4 is 12.0 Å². The molecule has 0 aliphatic heterocycles. The van der Waals surface area contributed by atoms with Gasteiger partial charge in [-0.3, -0.25) is 9.89 Å². The van der Waals surface area contributed by atoms with E-state index in [1.807, 2.05) is 0 Å². The lowest BCUT2D eigenvalue weighted by Gasteiger charge is -2.29. The molecule has 2 atom stereocenters. The fraction of sp³-hybridized carbons (Fsp3) is 0.615. The van der Waals surface area contributed by atoms with Crippen molar-refractivity contribution in [3.05, 3.63) is 18.0 Å². The van der Waals surface area contributed by atoms with Crippen LogP contribution in [-0.2, 0) is 11.3 Å². The Bertz CT molecular complexity index is 488. The van der Waals surface area contributed by atoms with E-state index in [0.717, 1.165) is 12.0 Å². The summed E-state index contributed by atoms with van der Waals surface area (Å²) < 4.78 is 0. The summed E-state index contributed by atoms with van der Waals surface area (Å²) in [6.45, 7) is 2.13. The van der Waals surface area contributed by atoms with E-state index in [2.05, 4.69) is 15.5 Å². The Morgan fingerprint density at radius 3 is 3.00 bits per heavy atom. The highest BCUT2D eigenvalue weighted by atomic mass is 16.4. The molecule has 1 fully saturated rings. The number of rotatable bonds is 4. The van der Waals surface area contributed by atoms with Crippen molar-refractivity contribution in [3.8, 4) is 0 Å². The number of carbonyl (C=O) groups excluding carboxylic acids is 1. The Balaban J connectivity index is 1.95. The first-order chi connectivity index (χ1) is 9.43. The summed E-state index contributed by atoms with van der Waals surface area (Å²) in [6.07, 6.45) is 5.49. The van der Waals surface area contributed by atoms with Crippen molar-refractivity contribution in [2.75, 3.05) is 7.05 Å². The summed E-state index contributed by atoms with van der Waals surface area (Å²) in [5.41, 5.74) is 0.0293. The molecular formula is C13H20N4O3. The van der Waals surface area contributed by atoms with Gasteiger partial charge in [0.1, 0.15) is 0 Å². The molecule has 2 rings (SSSR count). The van der Waals surface area contributed by atoms with Gasteiger partial charge >= 0.3 is 12.0 Å². The third-order valence-electron chi connectivity index (χ3n) is 4.07. The molecule has 1 saturated carbocycles. The van der Waals surface area contributed by atoms with Gasteiger partial charge in [0.05, 0.1) is 18.2 Å². The lowest BCUT2D eigenvalue weighted by atomic mass is 9.85. The first kappa shape index (κ1) is 14.4. The van der Waals surface area contributed by atoms with Crippen LogP contribution in [0.2, 0.25) is 0 Å². The summed E-state index contributed by atoms with van der Waals surface area (Å²) in [5.74, 6) is -0.849. The molecule has 0 bridgehead atoms. The molecule has 1 aromatic heterocycles. The van der Waals surface area contributed by atoms with Crippen molar-refractivity contribution in [2.45, 2.75) is 38.8 Å². The molecule has 3 N–H and O–H groups in total. The number of amides is 2. The molecule has 7 heteroatoms. The third kappa shape index (κ3) is 2.76. The average Bonchev–Trinajstić information content (AvgIpc) is 3.01. The van der Waals surface area contributed by atoms with Crippen LogP contribution in [0.1, 0.15) is 31.7 Å². The van der Waals surface area contributed by atoms with Crippen LogP contribution < -0.4 is 5.32 Å². The fourth-order valence-corrected chi connectivity index (χ4v) is 2.62. The van der Waals surface area contributed by atoms with Gasteiger partial charge in [-0.05, 0) is 19.8 Å². The van der Waals surface area contributed by atoms with E-state index in [9.17, 15) is 14.7 Å². The smallest absolute Gasteiger partial charge is 0.317 e. The zero-order chi connectivity index (χ0) is 14.8. The minimum atomic E-state index is -0.869. The number of H-pyrrole nitrogens is 1. The maximum absolute atomic E-state index is 12.1. The number of aromatic amines is 1. The second-order valence-corrected chi connectivity index (χ2v) is 5.58. The number of urea groups is 1. The second-order valence-electron chi connectivity index (χ2n) is 5.58. The van der Waals surface area contributed by atoms with Gasteiger partial charge in [0, 0.05) is 24.8 Å². The average molecular weight is 280 g/mol. The van der Waals surface area contributed by atoms with Crippen molar-refractivity contribution in [1.82, 2.24) is 20.4 Å². The summed E-state index contributed by atoms with van der Waals surface area (Å²) in [7, 11) is 1.68. The zero-order valence-electron chi connectivity index (χ0n) is 11.7. The number of carbonyl (C=O) groups is 2. The summed E-state index contributed by atoms with van der Waals surface area (Å²) in [4.78, 5) is 25.0. The lowest BCUT2D eigenvalue weighted by molar-refractivity contribution is -0.148. The molecule has 1 aliphatic carbocycles. The van der Waals surface area contributed by atoms with E-state index in [4.69, 9.17) is 0 Å². The number of aliphatic carboxylic acids is 1. The van der Waals surface area contributed by atoms with E-state index in [-0.39, 0.29) is 12.1 Å². The summed E-state index contributed by atoms with van der Waals surface area (Å²) in [6, 6.07) is -0.579. The number of nitrogens with one attached hydrogen (secondary N) is 2. The van der Waals surface area contributed by atoms with Gasteiger partial charge in [-0.15, -0.1) is 0 Å². The topological polar surface area (TPSA) is 98.3 Å². The fourth-order valence-electron chi connectivity index (χ4n) is 2.62. The molecule has 0 saturated heterocycles. The highest BCUT2D eigenvalue weighted by Crippen LogP contribution is 2.38. The number of nitrogens with zero attached hydrogens (tertiary/aromatic N) is 2. The quantitative estimate of drug-likeness (QED) is 0.771. The van der Waals surface area contributed by atoms with Gasteiger partial charge in [0.25, 0.3) is 0 Å². The number of hydrogen-bond acceptors (Lipinski definition) is 3. The predicted octanol–water partition coefficient (Wildman–Crippen LogP) is 1.19. The van der Waals surface area contributed by atoms with E-state index < -0.39 is 11.4 Å². The summed E-state index contributed by atoms with van der Waals surface area (Å²) >= 11 is 0. The normalized spacial score (nSPS) is 25.4. The first-order valence-corrected chi connectivity index (χ1v) is 6.66. The van der Waals surface area contributed by atoms with Crippen LogP contribution in [-0.4, -0.2) is 45.3 Å². The highest BCUT2D eigenvalue weighted by Gasteiger charge is 2.46. The van der Waals surface area contributed by atoms with E-state index in [0.29, 0.717) is 19.4 Å². The zero-order valence-corrected chi connectivity index (χ0v) is 11.7. The van der Waals surface area contributed by atoms with Crippen LogP contribution in [0.25, 0.3) is 0 Å². The molecule has 110 valence electrons. The minimum Gasteiger partial charge on any atom is -0.481 e. The molecule has 0 radical (unpaired) electrons. The monoisotopic (exact) mass is 280 g/mol. The van der Waals surface area contributed by atoms with Crippen LogP contribution >= 0.6 is 0 Å². The molecule has 7 nitrogen and oxygen atoms in total. The van der Waals surface area contributed by atoms with Gasteiger partial charge in [-0.1, -0.05) is 6.42 Å².